The molecule has 1 aromatic carbocycles. The second kappa shape index (κ2) is 6.23. The van der Waals surface area contributed by atoms with Crippen LogP contribution in [0, 0.1) is 0 Å². The highest BCUT2D eigenvalue weighted by molar-refractivity contribution is 9.10. The summed E-state index contributed by atoms with van der Waals surface area (Å²) in [6.45, 7) is 3.05. The molecule has 1 aliphatic rings. The molecule has 0 unspecified atom stereocenters. The standard InChI is InChI=1S/C13H13BrF3NO3/c1-8-7-18(2-3-20-8)12(19)9-4-10(14)6-11(5-9)21-13(15,16)17/h4-6,8H,2-3,7H2,1H3/t8-/m0/s1. The first kappa shape index (κ1) is 16.1. The van der Waals surface area contributed by atoms with Crippen molar-refractivity contribution in [1.82, 2.24) is 4.90 Å². The lowest BCUT2D eigenvalue weighted by atomic mass is 10.1. The maximum absolute atomic E-state index is 12.3. The number of halogens is 4. The first-order valence-electron chi connectivity index (χ1n) is 6.22. The Morgan fingerprint density at radius 2 is 2.14 bits per heavy atom. The fourth-order valence-corrected chi connectivity index (χ4v) is 2.54. The zero-order valence-electron chi connectivity index (χ0n) is 11.1. The second-order valence-electron chi connectivity index (χ2n) is 4.66. The molecule has 1 fully saturated rings. The highest BCUT2D eigenvalue weighted by Crippen LogP contribution is 2.28. The molecule has 8 heteroatoms. The van der Waals surface area contributed by atoms with Gasteiger partial charge in [-0.2, -0.15) is 0 Å². The number of morpholine rings is 1. The van der Waals surface area contributed by atoms with Gasteiger partial charge in [-0.15, -0.1) is 13.2 Å². The maximum atomic E-state index is 12.3. The predicted molar refractivity (Wildman–Crippen MR) is 72.1 cm³/mol. The molecule has 1 saturated heterocycles. The van der Waals surface area contributed by atoms with Gasteiger partial charge in [-0.1, -0.05) is 15.9 Å². The van der Waals surface area contributed by atoms with E-state index in [2.05, 4.69) is 20.7 Å². The van der Waals surface area contributed by atoms with E-state index in [0.29, 0.717) is 24.2 Å². The molecule has 0 saturated carbocycles. The van der Waals surface area contributed by atoms with Crippen LogP contribution in [0.2, 0.25) is 0 Å². The van der Waals surface area contributed by atoms with E-state index in [9.17, 15) is 18.0 Å². The van der Waals surface area contributed by atoms with Gasteiger partial charge in [-0.25, -0.2) is 0 Å². The molecule has 1 heterocycles. The van der Waals surface area contributed by atoms with Crippen LogP contribution in [0.4, 0.5) is 13.2 Å². The van der Waals surface area contributed by atoms with E-state index in [1.54, 1.807) is 4.90 Å². The van der Waals surface area contributed by atoms with Crippen molar-refractivity contribution in [3.05, 3.63) is 28.2 Å². The van der Waals surface area contributed by atoms with Crippen LogP contribution >= 0.6 is 15.9 Å². The first-order chi connectivity index (χ1) is 9.74. The van der Waals surface area contributed by atoms with Crippen molar-refractivity contribution < 1.29 is 27.4 Å². The highest BCUT2D eigenvalue weighted by Gasteiger charge is 2.32. The summed E-state index contributed by atoms with van der Waals surface area (Å²) >= 11 is 3.08. The van der Waals surface area contributed by atoms with Crippen molar-refractivity contribution in [2.24, 2.45) is 0 Å². The lowest BCUT2D eigenvalue weighted by Gasteiger charge is -2.31. The number of carbonyl (C=O) groups is 1. The topological polar surface area (TPSA) is 38.8 Å². The SMILES string of the molecule is C[C@H]1CN(C(=O)c2cc(Br)cc(OC(F)(F)F)c2)CCO1. The minimum Gasteiger partial charge on any atom is -0.406 e. The fraction of sp³-hybridized carbons (Fsp3) is 0.462. The number of amides is 1. The maximum Gasteiger partial charge on any atom is 0.573 e. The summed E-state index contributed by atoms with van der Waals surface area (Å²) in [5, 5.41) is 0. The van der Waals surface area contributed by atoms with Gasteiger partial charge in [0.25, 0.3) is 5.91 Å². The molecule has 0 N–H and O–H groups in total. The molecule has 21 heavy (non-hydrogen) atoms. The van der Waals surface area contributed by atoms with E-state index in [1.165, 1.54) is 6.07 Å². The molecule has 0 aliphatic carbocycles. The summed E-state index contributed by atoms with van der Waals surface area (Å²) in [4.78, 5) is 13.9. The third-order valence-electron chi connectivity index (χ3n) is 2.88. The Hall–Kier alpha value is -1.28. The summed E-state index contributed by atoms with van der Waals surface area (Å²) in [5.41, 5.74) is 0.137. The van der Waals surface area contributed by atoms with Crippen LogP contribution in [0.25, 0.3) is 0 Å². The molecule has 1 aliphatic heterocycles. The molecule has 116 valence electrons. The lowest BCUT2D eigenvalue weighted by molar-refractivity contribution is -0.274. The Morgan fingerprint density at radius 3 is 2.76 bits per heavy atom. The third kappa shape index (κ3) is 4.60. The molecular formula is C13H13BrF3NO3. The number of hydrogen-bond acceptors (Lipinski definition) is 3. The number of rotatable bonds is 2. The molecule has 0 spiro atoms. The summed E-state index contributed by atoms with van der Waals surface area (Å²) in [5.74, 6) is -0.778. The van der Waals surface area contributed by atoms with E-state index in [-0.39, 0.29) is 17.6 Å². The van der Waals surface area contributed by atoms with Gasteiger partial charge in [-0.05, 0) is 25.1 Å². The van der Waals surface area contributed by atoms with Crippen molar-refractivity contribution in [3.63, 3.8) is 0 Å². The van der Waals surface area contributed by atoms with E-state index in [0.717, 1.165) is 12.1 Å². The zero-order chi connectivity index (χ0) is 15.6. The Bertz CT molecular complexity index is 536. The smallest absolute Gasteiger partial charge is 0.406 e. The quantitative estimate of drug-likeness (QED) is 0.805. The van der Waals surface area contributed by atoms with Crippen molar-refractivity contribution in [3.8, 4) is 5.75 Å². The predicted octanol–water partition coefficient (Wildman–Crippen LogP) is 3.21. The summed E-state index contributed by atoms with van der Waals surface area (Å²) in [6, 6.07) is 3.71. The monoisotopic (exact) mass is 367 g/mol. The number of alkyl halides is 3. The van der Waals surface area contributed by atoms with Gasteiger partial charge >= 0.3 is 6.36 Å². The molecule has 0 aromatic heterocycles. The van der Waals surface area contributed by atoms with Crippen LogP contribution in [-0.4, -0.2) is 43.0 Å². The fourth-order valence-electron chi connectivity index (χ4n) is 2.06. The molecule has 1 amide bonds. The Balaban J connectivity index is 2.20. The average Bonchev–Trinajstić information content (AvgIpc) is 2.35. The van der Waals surface area contributed by atoms with Gasteiger partial charge in [0.15, 0.2) is 0 Å². The molecule has 2 rings (SSSR count). The van der Waals surface area contributed by atoms with Gasteiger partial charge in [0.1, 0.15) is 5.75 Å². The van der Waals surface area contributed by atoms with Crippen molar-refractivity contribution in [2.75, 3.05) is 19.7 Å². The number of nitrogens with zero attached hydrogens (tertiary/aromatic N) is 1. The van der Waals surface area contributed by atoms with Crippen LogP contribution in [0.5, 0.6) is 5.75 Å². The van der Waals surface area contributed by atoms with Crippen LogP contribution in [0.15, 0.2) is 22.7 Å². The van der Waals surface area contributed by atoms with E-state index < -0.39 is 12.1 Å². The van der Waals surface area contributed by atoms with Crippen molar-refractivity contribution in [2.45, 2.75) is 19.4 Å². The largest absolute Gasteiger partial charge is 0.573 e. The second-order valence-corrected chi connectivity index (χ2v) is 5.57. The van der Waals surface area contributed by atoms with Crippen LogP contribution in [0.1, 0.15) is 17.3 Å². The van der Waals surface area contributed by atoms with Crippen LogP contribution in [-0.2, 0) is 4.74 Å². The van der Waals surface area contributed by atoms with Crippen molar-refractivity contribution >= 4 is 21.8 Å². The van der Waals surface area contributed by atoms with E-state index in [4.69, 9.17) is 4.74 Å². The molecule has 0 radical (unpaired) electrons. The normalized spacial score (nSPS) is 19.5. The van der Waals surface area contributed by atoms with Gasteiger partial charge < -0.3 is 14.4 Å². The minimum atomic E-state index is -4.80. The summed E-state index contributed by atoms with van der Waals surface area (Å²) in [6.07, 6.45) is -4.89. The van der Waals surface area contributed by atoms with E-state index >= 15 is 0 Å². The molecule has 0 bridgehead atoms. The Kier molecular flexibility index (Phi) is 4.77. The average molecular weight is 368 g/mol. The number of benzene rings is 1. The minimum absolute atomic E-state index is 0.0965. The zero-order valence-corrected chi connectivity index (χ0v) is 12.7. The number of hydrogen-bond donors (Lipinski definition) is 0. The first-order valence-corrected chi connectivity index (χ1v) is 7.01. The van der Waals surface area contributed by atoms with E-state index in [1.807, 2.05) is 6.92 Å². The van der Waals surface area contributed by atoms with Crippen LogP contribution in [0.3, 0.4) is 0 Å². The van der Waals surface area contributed by atoms with Gasteiger partial charge in [-0.3, -0.25) is 4.79 Å². The Labute approximate surface area is 127 Å². The Morgan fingerprint density at radius 1 is 1.43 bits per heavy atom. The van der Waals surface area contributed by atoms with Crippen LogP contribution < -0.4 is 4.74 Å². The molecule has 1 atom stereocenters. The van der Waals surface area contributed by atoms with Gasteiger partial charge in [0.2, 0.25) is 0 Å². The summed E-state index contributed by atoms with van der Waals surface area (Å²) < 4.78 is 46.3. The lowest BCUT2D eigenvalue weighted by Crippen LogP contribution is -2.44. The third-order valence-corrected chi connectivity index (χ3v) is 3.34. The molecule has 4 nitrogen and oxygen atoms in total. The van der Waals surface area contributed by atoms with Gasteiger partial charge in [0.05, 0.1) is 12.7 Å². The molecule has 1 aromatic rings. The highest BCUT2D eigenvalue weighted by atomic mass is 79.9. The van der Waals surface area contributed by atoms with Crippen molar-refractivity contribution in [1.29, 1.82) is 0 Å². The van der Waals surface area contributed by atoms with Gasteiger partial charge in [0, 0.05) is 23.1 Å². The number of carbonyl (C=O) groups excluding carboxylic acids is 1. The molecular weight excluding hydrogens is 355 g/mol. The summed E-state index contributed by atoms with van der Waals surface area (Å²) in [7, 11) is 0. The number of ether oxygens (including phenoxy) is 2.